The van der Waals surface area contributed by atoms with Gasteiger partial charge in [-0.3, -0.25) is 0 Å². The van der Waals surface area contributed by atoms with Crippen LogP contribution in [0.25, 0.3) is 0 Å². The first-order valence-corrected chi connectivity index (χ1v) is 5.86. The molecule has 0 aliphatic rings. The highest BCUT2D eigenvalue weighted by atomic mass is 35.5. The fraction of sp³-hybridized carbons (Fsp3) is 0.333. The lowest BCUT2D eigenvalue weighted by atomic mass is 10.3. The number of halogens is 1. The van der Waals surface area contributed by atoms with Gasteiger partial charge in [-0.2, -0.15) is 0 Å². The van der Waals surface area contributed by atoms with Gasteiger partial charge in [-0.15, -0.1) is 11.6 Å². The van der Waals surface area contributed by atoms with Crippen LogP contribution in [0.3, 0.4) is 0 Å². The second-order valence-corrected chi connectivity index (χ2v) is 4.12. The highest BCUT2D eigenvalue weighted by Crippen LogP contribution is 2.14. The lowest BCUT2D eigenvalue weighted by Crippen LogP contribution is -2.19. The van der Waals surface area contributed by atoms with Crippen LogP contribution in [0.15, 0.2) is 29.0 Å². The van der Waals surface area contributed by atoms with Crippen LogP contribution in [-0.4, -0.2) is 17.0 Å². The molecular formula is C12H14ClN3O. The molecule has 5 heteroatoms. The lowest BCUT2D eigenvalue weighted by molar-refractivity contribution is 0.506. The fourth-order valence-electron chi connectivity index (χ4n) is 1.50. The van der Waals surface area contributed by atoms with E-state index in [1.165, 1.54) is 0 Å². The molecule has 0 fully saturated rings. The average molecular weight is 252 g/mol. The molecule has 0 bridgehead atoms. The summed E-state index contributed by atoms with van der Waals surface area (Å²) in [5.74, 6) is 2.00. The highest BCUT2D eigenvalue weighted by Gasteiger charge is 2.08. The van der Waals surface area contributed by atoms with Crippen molar-refractivity contribution in [1.29, 1.82) is 0 Å². The molecule has 4 nitrogen and oxygen atoms in total. The maximum absolute atomic E-state index is 5.77. The van der Waals surface area contributed by atoms with Crippen molar-refractivity contribution in [1.82, 2.24) is 9.97 Å². The molecule has 0 atom stereocenters. The Morgan fingerprint density at radius 1 is 1.47 bits per heavy atom. The molecule has 2 rings (SSSR count). The van der Waals surface area contributed by atoms with Crippen LogP contribution in [0, 0.1) is 6.92 Å². The number of hydrogen-bond acceptors (Lipinski definition) is 4. The Bertz CT molecular complexity index is 485. The zero-order valence-corrected chi connectivity index (χ0v) is 10.6. The molecule has 0 unspecified atom stereocenters. The van der Waals surface area contributed by atoms with Gasteiger partial charge in [0.05, 0.1) is 18.7 Å². The minimum absolute atomic E-state index is 0.439. The number of hydrogen-bond donors (Lipinski definition) is 0. The summed E-state index contributed by atoms with van der Waals surface area (Å²) in [5.41, 5.74) is 1.87. The van der Waals surface area contributed by atoms with E-state index in [-0.39, 0.29) is 0 Å². The fourth-order valence-corrected chi connectivity index (χ4v) is 1.76. The Balaban J connectivity index is 2.14. The van der Waals surface area contributed by atoms with Gasteiger partial charge in [0.1, 0.15) is 5.76 Å². The zero-order chi connectivity index (χ0) is 12.3. The number of alkyl halides is 1. The molecule has 0 spiro atoms. The summed E-state index contributed by atoms with van der Waals surface area (Å²) >= 11 is 5.77. The zero-order valence-electron chi connectivity index (χ0n) is 9.85. The third-order valence-corrected chi connectivity index (χ3v) is 2.81. The summed E-state index contributed by atoms with van der Waals surface area (Å²) in [4.78, 5) is 10.6. The lowest BCUT2D eigenvalue weighted by Gasteiger charge is -2.16. The van der Waals surface area contributed by atoms with Gasteiger partial charge in [0, 0.05) is 24.5 Å². The van der Waals surface area contributed by atoms with Crippen molar-refractivity contribution in [2.45, 2.75) is 19.3 Å². The number of anilines is 1. The largest absolute Gasteiger partial charge is 0.467 e. The van der Waals surface area contributed by atoms with E-state index in [4.69, 9.17) is 16.0 Å². The predicted molar refractivity (Wildman–Crippen MR) is 67.1 cm³/mol. The van der Waals surface area contributed by atoms with Gasteiger partial charge >= 0.3 is 0 Å². The van der Waals surface area contributed by atoms with Gasteiger partial charge in [-0.25, -0.2) is 9.97 Å². The Morgan fingerprint density at radius 3 is 2.88 bits per heavy atom. The minimum atomic E-state index is 0.439. The Hall–Kier alpha value is -1.55. The van der Waals surface area contributed by atoms with E-state index in [0.29, 0.717) is 18.4 Å². The van der Waals surface area contributed by atoms with Crippen molar-refractivity contribution in [3.05, 3.63) is 41.6 Å². The van der Waals surface area contributed by atoms with Crippen molar-refractivity contribution in [2.24, 2.45) is 0 Å². The van der Waals surface area contributed by atoms with E-state index in [9.17, 15) is 0 Å². The molecule has 0 saturated heterocycles. The van der Waals surface area contributed by atoms with Crippen LogP contribution < -0.4 is 4.90 Å². The van der Waals surface area contributed by atoms with E-state index in [1.54, 1.807) is 12.5 Å². The van der Waals surface area contributed by atoms with Gasteiger partial charge in [-0.05, 0) is 19.1 Å². The molecule has 0 aliphatic heterocycles. The molecule has 0 saturated carbocycles. The van der Waals surface area contributed by atoms with Gasteiger partial charge in [0.15, 0.2) is 0 Å². The SMILES string of the molecule is Cc1nc(N(C)Cc2ccco2)ncc1CCl. The van der Waals surface area contributed by atoms with E-state index >= 15 is 0 Å². The molecule has 2 aromatic rings. The molecule has 90 valence electrons. The second kappa shape index (κ2) is 5.19. The van der Waals surface area contributed by atoms with Crippen LogP contribution in [0.5, 0.6) is 0 Å². The maximum Gasteiger partial charge on any atom is 0.225 e. The average Bonchev–Trinajstić information content (AvgIpc) is 2.81. The quantitative estimate of drug-likeness (QED) is 0.784. The topological polar surface area (TPSA) is 42.2 Å². The molecule has 0 N–H and O–H groups in total. The van der Waals surface area contributed by atoms with Crippen molar-refractivity contribution < 1.29 is 4.42 Å². The van der Waals surface area contributed by atoms with Crippen LogP contribution in [0.4, 0.5) is 5.95 Å². The smallest absolute Gasteiger partial charge is 0.225 e. The minimum Gasteiger partial charge on any atom is -0.467 e. The van der Waals surface area contributed by atoms with Gasteiger partial charge < -0.3 is 9.32 Å². The standard InChI is InChI=1S/C12H14ClN3O/c1-9-10(6-13)7-14-12(15-9)16(2)8-11-4-3-5-17-11/h3-5,7H,6,8H2,1-2H3. The van der Waals surface area contributed by atoms with Gasteiger partial charge in [0.2, 0.25) is 5.95 Å². The van der Waals surface area contributed by atoms with Crippen LogP contribution in [0.1, 0.15) is 17.0 Å². The Kier molecular flexibility index (Phi) is 3.64. The molecule has 0 aromatic carbocycles. The highest BCUT2D eigenvalue weighted by molar-refractivity contribution is 6.17. The third-order valence-electron chi connectivity index (χ3n) is 2.53. The van der Waals surface area contributed by atoms with E-state index in [2.05, 4.69) is 9.97 Å². The van der Waals surface area contributed by atoms with Gasteiger partial charge in [-0.1, -0.05) is 0 Å². The number of nitrogens with zero attached hydrogens (tertiary/aromatic N) is 3. The maximum atomic E-state index is 5.77. The summed E-state index contributed by atoms with van der Waals surface area (Å²) in [6.45, 7) is 2.58. The first-order chi connectivity index (χ1) is 8.20. The monoisotopic (exact) mass is 251 g/mol. The number of rotatable bonds is 4. The summed E-state index contributed by atoms with van der Waals surface area (Å²) < 4.78 is 5.28. The van der Waals surface area contributed by atoms with E-state index in [1.807, 2.05) is 31.0 Å². The van der Waals surface area contributed by atoms with E-state index < -0.39 is 0 Å². The first-order valence-electron chi connectivity index (χ1n) is 5.32. The molecule has 0 aliphatic carbocycles. The van der Waals surface area contributed by atoms with Crippen molar-refractivity contribution >= 4 is 17.5 Å². The summed E-state index contributed by atoms with van der Waals surface area (Å²) in [5, 5.41) is 0. The molecule has 0 amide bonds. The Labute approximate surface area is 105 Å². The van der Waals surface area contributed by atoms with Crippen LogP contribution in [0.2, 0.25) is 0 Å². The molecule has 0 radical (unpaired) electrons. The first kappa shape index (κ1) is 11.9. The number of aryl methyl sites for hydroxylation is 1. The van der Waals surface area contributed by atoms with Crippen LogP contribution >= 0.6 is 11.6 Å². The number of furan rings is 1. The van der Waals surface area contributed by atoms with Crippen molar-refractivity contribution in [3.63, 3.8) is 0 Å². The normalized spacial score (nSPS) is 10.5. The van der Waals surface area contributed by atoms with Crippen molar-refractivity contribution in [3.8, 4) is 0 Å². The summed E-state index contributed by atoms with van der Waals surface area (Å²) in [6, 6.07) is 3.79. The molecular weight excluding hydrogens is 238 g/mol. The molecule has 2 heterocycles. The van der Waals surface area contributed by atoms with Gasteiger partial charge in [0.25, 0.3) is 0 Å². The second-order valence-electron chi connectivity index (χ2n) is 3.85. The summed E-state index contributed by atoms with van der Waals surface area (Å²) in [7, 11) is 1.93. The summed E-state index contributed by atoms with van der Waals surface area (Å²) in [6.07, 6.45) is 3.43. The number of aromatic nitrogens is 2. The van der Waals surface area contributed by atoms with E-state index in [0.717, 1.165) is 17.0 Å². The molecule has 2 aromatic heterocycles. The third kappa shape index (κ3) is 2.77. The van der Waals surface area contributed by atoms with Crippen molar-refractivity contribution in [2.75, 3.05) is 11.9 Å². The Morgan fingerprint density at radius 2 is 2.29 bits per heavy atom. The predicted octanol–water partition coefficient (Wildman–Crippen LogP) is 2.75. The molecule has 17 heavy (non-hydrogen) atoms. The van der Waals surface area contributed by atoms with Crippen LogP contribution in [-0.2, 0) is 12.4 Å².